The number of pyridine rings is 1. The second-order valence-corrected chi connectivity index (χ2v) is 5.33. The number of nitrogens with zero attached hydrogens (tertiary/aromatic N) is 2. The minimum atomic E-state index is -4.75. The van der Waals surface area contributed by atoms with Crippen LogP contribution in [0.2, 0.25) is 0 Å². The van der Waals surface area contributed by atoms with Crippen LogP contribution in [0.3, 0.4) is 0 Å². The summed E-state index contributed by atoms with van der Waals surface area (Å²) in [6.45, 7) is 5.31. The number of amides is 1. The van der Waals surface area contributed by atoms with E-state index in [1.54, 1.807) is 12.3 Å². The predicted molar refractivity (Wildman–Crippen MR) is 95.5 cm³/mol. The van der Waals surface area contributed by atoms with Crippen LogP contribution in [0.15, 0.2) is 60.4 Å². The second kappa shape index (κ2) is 8.84. The number of hydrogen-bond acceptors (Lipinski definition) is 5. The first kappa shape index (κ1) is 20.0. The number of ether oxygens (including phenoxy) is 1. The molecule has 27 heavy (non-hydrogen) atoms. The van der Waals surface area contributed by atoms with E-state index >= 15 is 0 Å². The highest BCUT2D eigenvalue weighted by atomic mass is 19.4. The average molecular weight is 378 g/mol. The SMILES string of the molecule is C=CC(=O)NC/C(=N/Nc1ccc(OC(F)(F)F)cc1)c1ncccc1C. The van der Waals surface area contributed by atoms with Crippen molar-refractivity contribution in [3.63, 3.8) is 0 Å². The molecule has 1 aromatic carbocycles. The van der Waals surface area contributed by atoms with Gasteiger partial charge in [-0.2, -0.15) is 5.10 Å². The quantitative estimate of drug-likeness (QED) is 0.440. The Morgan fingerprint density at radius 2 is 2.00 bits per heavy atom. The fraction of sp³-hybridized carbons (Fsp3) is 0.167. The van der Waals surface area contributed by atoms with Gasteiger partial charge in [-0.05, 0) is 48.9 Å². The van der Waals surface area contributed by atoms with Crippen LogP contribution in [0, 0.1) is 6.92 Å². The Labute approximate surface area is 153 Å². The first-order chi connectivity index (χ1) is 12.8. The number of carbonyl (C=O) groups is 1. The molecule has 1 heterocycles. The van der Waals surface area contributed by atoms with E-state index in [9.17, 15) is 18.0 Å². The van der Waals surface area contributed by atoms with Crippen molar-refractivity contribution >= 4 is 17.3 Å². The molecular weight excluding hydrogens is 361 g/mol. The van der Waals surface area contributed by atoms with E-state index in [1.165, 1.54) is 12.1 Å². The Hall–Kier alpha value is -3.36. The van der Waals surface area contributed by atoms with Crippen molar-refractivity contribution < 1.29 is 22.7 Å². The van der Waals surface area contributed by atoms with E-state index in [4.69, 9.17) is 0 Å². The molecule has 0 unspecified atom stereocenters. The Balaban J connectivity index is 2.17. The zero-order valence-corrected chi connectivity index (χ0v) is 14.4. The molecule has 0 saturated carbocycles. The number of halogens is 3. The molecule has 0 fully saturated rings. The molecule has 142 valence electrons. The molecule has 0 aliphatic heterocycles. The average Bonchev–Trinajstić information content (AvgIpc) is 2.62. The summed E-state index contributed by atoms with van der Waals surface area (Å²) in [7, 11) is 0. The minimum Gasteiger partial charge on any atom is -0.406 e. The van der Waals surface area contributed by atoms with E-state index in [-0.39, 0.29) is 18.2 Å². The van der Waals surface area contributed by atoms with Crippen molar-refractivity contribution in [3.8, 4) is 5.75 Å². The summed E-state index contributed by atoms with van der Waals surface area (Å²) in [6, 6.07) is 8.71. The van der Waals surface area contributed by atoms with Crippen LogP contribution in [0.4, 0.5) is 18.9 Å². The van der Waals surface area contributed by atoms with Gasteiger partial charge < -0.3 is 10.1 Å². The molecule has 0 saturated heterocycles. The van der Waals surface area contributed by atoms with Gasteiger partial charge in [0, 0.05) is 6.20 Å². The summed E-state index contributed by atoms with van der Waals surface area (Å²) in [6.07, 6.45) is -2.02. The molecule has 0 spiro atoms. The van der Waals surface area contributed by atoms with Crippen LogP contribution in [0.1, 0.15) is 11.3 Å². The van der Waals surface area contributed by atoms with Gasteiger partial charge in [-0.25, -0.2) is 0 Å². The smallest absolute Gasteiger partial charge is 0.406 e. The molecule has 0 radical (unpaired) electrons. The van der Waals surface area contributed by atoms with Crippen LogP contribution < -0.4 is 15.5 Å². The van der Waals surface area contributed by atoms with Crippen LogP contribution in [-0.4, -0.2) is 29.5 Å². The summed E-state index contributed by atoms with van der Waals surface area (Å²) >= 11 is 0. The molecule has 9 heteroatoms. The van der Waals surface area contributed by atoms with Gasteiger partial charge in [-0.15, -0.1) is 13.2 Å². The van der Waals surface area contributed by atoms with Gasteiger partial charge >= 0.3 is 6.36 Å². The monoisotopic (exact) mass is 378 g/mol. The van der Waals surface area contributed by atoms with Crippen molar-refractivity contribution in [3.05, 3.63) is 66.5 Å². The third-order valence-corrected chi connectivity index (χ3v) is 3.31. The molecule has 0 aliphatic carbocycles. The van der Waals surface area contributed by atoms with Crippen molar-refractivity contribution in [2.24, 2.45) is 5.10 Å². The van der Waals surface area contributed by atoms with Crippen LogP contribution >= 0.6 is 0 Å². The largest absolute Gasteiger partial charge is 0.573 e. The van der Waals surface area contributed by atoms with Gasteiger partial charge in [0.15, 0.2) is 0 Å². The van der Waals surface area contributed by atoms with Gasteiger partial charge in [0.2, 0.25) is 5.91 Å². The third kappa shape index (κ3) is 6.46. The lowest BCUT2D eigenvalue weighted by Gasteiger charge is -2.11. The minimum absolute atomic E-state index is 0.0883. The molecule has 1 amide bonds. The van der Waals surface area contributed by atoms with Crippen molar-refractivity contribution in [1.29, 1.82) is 0 Å². The van der Waals surface area contributed by atoms with Crippen molar-refractivity contribution in [2.75, 3.05) is 12.0 Å². The molecule has 0 bridgehead atoms. The highest BCUT2D eigenvalue weighted by Gasteiger charge is 2.30. The van der Waals surface area contributed by atoms with Crippen LogP contribution in [0.5, 0.6) is 5.75 Å². The molecular formula is C18H17F3N4O2. The Kier molecular flexibility index (Phi) is 6.53. The number of hydrazone groups is 1. The first-order valence-electron chi connectivity index (χ1n) is 7.79. The van der Waals surface area contributed by atoms with Crippen molar-refractivity contribution in [1.82, 2.24) is 10.3 Å². The van der Waals surface area contributed by atoms with Crippen molar-refractivity contribution in [2.45, 2.75) is 13.3 Å². The molecule has 6 nitrogen and oxygen atoms in total. The van der Waals surface area contributed by atoms with E-state index in [0.29, 0.717) is 17.1 Å². The summed E-state index contributed by atoms with van der Waals surface area (Å²) in [4.78, 5) is 15.7. The molecule has 0 aliphatic rings. The van der Waals surface area contributed by atoms with Gasteiger partial charge in [0.25, 0.3) is 0 Å². The fourth-order valence-electron chi connectivity index (χ4n) is 2.07. The number of alkyl halides is 3. The zero-order valence-electron chi connectivity index (χ0n) is 14.4. The molecule has 2 aromatic rings. The fourth-order valence-corrected chi connectivity index (χ4v) is 2.07. The zero-order chi connectivity index (χ0) is 19.9. The Morgan fingerprint density at radius 3 is 2.59 bits per heavy atom. The lowest BCUT2D eigenvalue weighted by atomic mass is 10.1. The van der Waals surface area contributed by atoms with Crippen LogP contribution in [0.25, 0.3) is 0 Å². The molecule has 1 aromatic heterocycles. The number of carbonyl (C=O) groups excluding carboxylic acids is 1. The van der Waals surface area contributed by atoms with E-state index in [2.05, 4.69) is 32.1 Å². The Bertz CT molecular complexity index is 833. The van der Waals surface area contributed by atoms with Crippen LogP contribution in [-0.2, 0) is 4.79 Å². The number of aromatic nitrogens is 1. The van der Waals surface area contributed by atoms with E-state index in [1.807, 2.05) is 13.0 Å². The predicted octanol–water partition coefficient (Wildman–Crippen LogP) is 3.41. The second-order valence-electron chi connectivity index (χ2n) is 5.33. The maximum absolute atomic E-state index is 12.2. The standard InChI is InChI=1S/C18H17F3N4O2/c1-3-16(26)23-11-15(17-12(2)5-4-10-22-17)25-24-13-6-8-14(9-7-13)27-18(19,20)21/h3-10,24H,1,11H2,2H3,(H,23,26)/b25-15-. The summed E-state index contributed by atoms with van der Waals surface area (Å²) < 4.78 is 40.4. The number of hydrogen-bond donors (Lipinski definition) is 2. The first-order valence-corrected chi connectivity index (χ1v) is 7.79. The lowest BCUT2D eigenvalue weighted by Crippen LogP contribution is -2.29. The molecule has 2 N–H and O–H groups in total. The lowest BCUT2D eigenvalue weighted by molar-refractivity contribution is -0.274. The number of rotatable bonds is 7. The normalized spacial score (nSPS) is 11.6. The Morgan fingerprint density at radius 1 is 1.30 bits per heavy atom. The summed E-state index contributed by atoms with van der Waals surface area (Å²) in [5.41, 5.74) is 5.04. The maximum atomic E-state index is 12.2. The highest BCUT2D eigenvalue weighted by molar-refractivity contribution is 6.04. The number of benzene rings is 1. The molecule has 0 atom stereocenters. The topological polar surface area (TPSA) is 75.6 Å². The third-order valence-electron chi connectivity index (χ3n) is 3.31. The van der Waals surface area contributed by atoms with E-state index in [0.717, 1.165) is 23.8 Å². The number of anilines is 1. The van der Waals surface area contributed by atoms with E-state index < -0.39 is 6.36 Å². The molecule has 2 rings (SSSR count). The number of aryl methyl sites for hydroxylation is 1. The van der Waals surface area contributed by atoms with Gasteiger partial charge in [-0.1, -0.05) is 12.6 Å². The maximum Gasteiger partial charge on any atom is 0.573 e. The van der Waals surface area contributed by atoms with Gasteiger partial charge in [-0.3, -0.25) is 15.2 Å². The summed E-state index contributed by atoms with van der Waals surface area (Å²) in [5.74, 6) is -0.707. The number of nitrogens with one attached hydrogen (secondary N) is 2. The van der Waals surface area contributed by atoms with Gasteiger partial charge in [0.05, 0.1) is 17.9 Å². The summed E-state index contributed by atoms with van der Waals surface area (Å²) in [5, 5.41) is 6.84. The van der Waals surface area contributed by atoms with Gasteiger partial charge in [0.1, 0.15) is 11.5 Å². The highest BCUT2D eigenvalue weighted by Crippen LogP contribution is 2.24.